The molecule has 1 aliphatic heterocycles. The molecule has 0 radical (unpaired) electrons. The quantitative estimate of drug-likeness (QED) is 0.494. The summed E-state index contributed by atoms with van der Waals surface area (Å²) in [5.41, 5.74) is 0. The van der Waals surface area contributed by atoms with Crippen molar-refractivity contribution in [3.63, 3.8) is 0 Å². The number of hydrogen-bond donors (Lipinski definition) is 1. The largest absolute Gasteiger partial charge is 0.341 e. The molecule has 0 aliphatic carbocycles. The Morgan fingerprint density at radius 1 is 1.77 bits per heavy atom. The van der Waals surface area contributed by atoms with E-state index >= 15 is 0 Å². The number of carbonyl (C=O) groups excluding carboxylic acids is 1. The van der Waals surface area contributed by atoms with E-state index in [2.05, 4.69) is 18.5 Å². The molecule has 1 heterocycles. The van der Waals surface area contributed by atoms with E-state index < -0.39 is 0 Å². The van der Waals surface area contributed by atoms with Crippen LogP contribution in [0.5, 0.6) is 0 Å². The van der Waals surface area contributed by atoms with Gasteiger partial charge in [-0.25, -0.2) is 0 Å². The van der Waals surface area contributed by atoms with Gasteiger partial charge < -0.3 is 4.90 Å². The van der Waals surface area contributed by atoms with E-state index in [9.17, 15) is 4.79 Å². The summed E-state index contributed by atoms with van der Waals surface area (Å²) in [6.45, 7) is 3.34. The van der Waals surface area contributed by atoms with E-state index in [4.69, 9.17) is 6.42 Å². The standard InChI is InChI=1S/C10H15NOS/c1-3-9-5-4-6-11(7-9)10(12)8(2)13/h1,8-9,13H,4-7H2,2H3. The zero-order valence-corrected chi connectivity index (χ0v) is 8.76. The van der Waals surface area contributed by atoms with Gasteiger partial charge in [0.2, 0.25) is 5.91 Å². The molecule has 2 atom stereocenters. The van der Waals surface area contributed by atoms with Gasteiger partial charge in [-0.1, -0.05) is 0 Å². The van der Waals surface area contributed by atoms with Crippen molar-refractivity contribution in [3.8, 4) is 12.3 Å². The summed E-state index contributed by atoms with van der Waals surface area (Å²) < 4.78 is 0. The number of terminal acetylenes is 1. The minimum atomic E-state index is -0.212. The third-order valence-corrected chi connectivity index (χ3v) is 2.55. The van der Waals surface area contributed by atoms with Gasteiger partial charge in [0.05, 0.1) is 5.25 Å². The van der Waals surface area contributed by atoms with Crippen LogP contribution in [0.1, 0.15) is 19.8 Å². The van der Waals surface area contributed by atoms with Crippen molar-refractivity contribution in [2.75, 3.05) is 13.1 Å². The molecule has 0 N–H and O–H groups in total. The van der Waals surface area contributed by atoms with Crippen LogP contribution in [0.2, 0.25) is 0 Å². The lowest BCUT2D eigenvalue weighted by Gasteiger charge is -2.31. The number of likely N-dealkylation sites (tertiary alicyclic amines) is 1. The molecule has 0 spiro atoms. The fourth-order valence-corrected chi connectivity index (χ4v) is 1.74. The Labute approximate surface area is 85.1 Å². The third kappa shape index (κ3) is 2.67. The van der Waals surface area contributed by atoms with E-state index in [1.54, 1.807) is 6.92 Å². The lowest BCUT2D eigenvalue weighted by Crippen LogP contribution is -2.42. The lowest BCUT2D eigenvalue weighted by molar-refractivity contribution is -0.131. The van der Waals surface area contributed by atoms with Crippen LogP contribution in [-0.4, -0.2) is 29.1 Å². The first kappa shape index (κ1) is 10.5. The van der Waals surface area contributed by atoms with Gasteiger partial charge in [0.15, 0.2) is 0 Å². The van der Waals surface area contributed by atoms with E-state index in [0.717, 1.165) is 19.4 Å². The van der Waals surface area contributed by atoms with Crippen LogP contribution in [0.4, 0.5) is 0 Å². The summed E-state index contributed by atoms with van der Waals surface area (Å²) in [7, 11) is 0. The van der Waals surface area contributed by atoms with Crippen molar-refractivity contribution in [2.24, 2.45) is 5.92 Å². The van der Waals surface area contributed by atoms with Crippen LogP contribution in [0, 0.1) is 18.3 Å². The van der Waals surface area contributed by atoms with Gasteiger partial charge in [-0.2, -0.15) is 12.6 Å². The molecule has 72 valence electrons. The zero-order chi connectivity index (χ0) is 9.84. The summed E-state index contributed by atoms with van der Waals surface area (Å²) in [4.78, 5) is 13.4. The van der Waals surface area contributed by atoms with Gasteiger partial charge in [0.1, 0.15) is 0 Å². The highest BCUT2D eigenvalue weighted by atomic mass is 32.1. The summed E-state index contributed by atoms with van der Waals surface area (Å²) in [5, 5.41) is -0.212. The molecular weight excluding hydrogens is 182 g/mol. The molecule has 1 saturated heterocycles. The average molecular weight is 197 g/mol. The maximum atomic E-state index is 11.5. The fraction of sp³-hybridized carbons (Fsp3) is 0.700. The molecule has 2 nitrogen and oxygen atoms in total. The first-order chi connectivity index (χ1) is 6.15. The van der Waals surface area contributed by atoms with Crippen molar-refractivity contribution in [1.29, 1.82) is 0 Å². The van der Waals surface area contributed by atoms with Crippen LogP contribution in [0.25, 0.3) is 0 Å². The summed E-state index contributed by atoms with van der Waals surface area (Å²) in [6.07, 6.45) is 7.39. The summed E-state index contributed by atoms with van der Waals surface area (Å²) >= 11 is 4.12. The number of rotatable bonds is 1. The molecule has 0 aromatic rings. The highest BCUT2D eigenvalue weighted by molar-refractivity contribution is 7.81. The normalized spacial score (nSPS) is 25.0. The maximum absolute atomic E-state index is 11.5. The van der Waals surface area contributed by atoms with Gasteiger partial charge in [0, 0.05) is 19.0 Å². The van der Waals surface area contributed by atoms with E-state index in [1.165, 1.54) is 0 Å². The Balaban J connectivity index is 2.52. The molecule has 1 aliphatic rings. The molecule has 1 rings (SSSR count). The number of amides is 1. The van der Waals surface area contributed by atoms with E-state index in [0.29, 0.717) is 6.54 Å². The molecule has 1 fully saturated rings. The molecule has 0 aromatic carbocycles. The highest BCUT2D eigenvalue weighted by Gasteiger charge is 2.23. The van der Waals surface area contributed by atoms with Crippen LogP contribution >= 0.6 is 12.6 Å². The maximum Gasteiger partial charge on any atom is 0.235 e. The minimum absolute atomic E-state index is 0.100. The average Bonchev–Trinajstić information content (AvgIpc) is 2.16. The van der Waals surface area contributed by atoms with Crippen LogP contribution in [0.15, 0.2) is 0 Å². The smallest absolute Gasteiger partial charge is 0.235 e. The number of thiol groups is 1. The SMILES string of the molecule is C#CC1CCCN(C(=O)C(C)S)C1. The predicted molar refractivity (Wildman–Crippen MR) is 56.6 cm³/mol. The van der Waals surface area contributed by atoms with Crippen molar-refractivity contribution in [3.05, 3.63) is 0 Å². The van der Waals surface area contributed by atoms with Crippen molar-refractivity contribution in [2.45, 2.75) is 25.0 Å². The Kier molecular flexibility index (Phi) is 3.68. The Bertz CT molecular complexity index is 232. The third-order valence-electron chi connectivity index (χ3n) is 2.33. The van der Waals surface area contributed by atoms with Crippen molar-refractivity contribution in [1.82, 2.24) is 4.90 Å². The Hall–Kier alpha value is -0.620. The predicted octanol–water partition coefficient (Wildman–Crippen LogP) is 1.18. The number of piperidine rings is 1. The van der Waals surface area contributed by atoms with E-state index in [1.807, 2.05) is 4.90 Å². The van der Waals surface area contributed by atoms with Gasteiger partial charge in [0.25, 0.3) is 0 Å². The second-order valence-corrected chi connectivity index (χ2v) is 4.24. The Morgan fingerprint density at radius 3 is 3.00 bits per heavy atom. The first-order valence-electron chi connectivity index (χ1n) is 4.58. The van der Waals surface area contributed by atoms with Gasteiger partial charge in [-0.15, -0.1) is 12.3 Å². The van der Waals surface area contributed by atoms with Crippen molar-refractivity contribution < 1.29 is 4.79 Å². The molecule has 3 heteroatoms. The lowest BCUT2D eigenvalue weighted by atomic mass is 9.99. The Morgan fingerprint density at radius 2 is 2.46 bits per heavy atom. The molecule has 13 heavy (non-hydrogen) atoms. The van der Waals surface area contributed by atoms with Crippen molar-refractivity contribution >= 4 is 18.5 Å². The van der Waals surface area contributed by atoms with Gasteiger partial charge in [-0.05, 0) is 19.8 Å². The highest BCUT2D eigenvalue weighted by Crippen LogP contribution is 2.16. The molecular formula is C10H15NOS. The first-order valence-corrected chi connectivity index (χ1v) is 5.09. The van der Waals surface area contributed by atoms with Crippen LogP contribution in [-0.2, 0) is 4.79 Å². The molecule has 1 amide bonds. The zero-order valence-electron chi connectivity index (χ0n) is 7.86. The number of carbonyl (C=O) groups is 1. The monoisotopic (exact) mass is 197 g/mol. The van der Waals surface area contributed by atoms with Gasteiger partial charge >= 0.3 is 0 Å². The second-order valence-electron chi connectivity index (χ2n) is 3.47. The van der Waals surface area contributed by atoms with Gasteiger partial charge in [-0.3, -0.25) is 4.79 Å². The van der Waals surface area contributed by atoms with Crippen LogP contribution in [0.3, 0.4) is 0 Å². The minimum Gasteiger partial charge on any atom is -0.341 e. The number of hydrogen-bond acceptors (Lipinski definition) is 2. The molecule has 0 bridgehead atoms. The summed E-state index contributed by atoms with van der Waals surface area (Å²) in [6, 6.07) is 0. The number of nitrogens with zero attached hydrogens (tertiary/aromatic N) is 1. The molecule has 2 unspecified atom stereocenters. The van der Waals surface area contributed by atoms with E-state index in [-0.39, 0.29) is 17.1 Å². The second kappa shape index (κ2) is 4.57. The fourth-order valence-electron chi connectivity index (χ4n) is 1.58. The molecule has 0 aromatic heterocycles. The topological polar surface area (TPSA) is 20.3 Å². The summed E-state index contributed by atoms with van der Waals surface area (Å²) in [5.74, 6) is 3.05. The van der Waals surface area contributed by atoms with Crippen LogP contribution < -0.4 is 0 Å². The molecule has 0 saturated carbocycles.